The summed E-state index contributed by atoms with van der Waals surface area (Å²) in [6, 6.07) is 10.3. The smallest absolute Gasteiger partial charge is 0.376 e. The van der Waals surface area contributed by atoms with Gasteiger partial charge in [0.15, 0.2) is 0 Å². The lowest BCUT2D eigenvalue weighted by molar-refractivity contribution is -0.137. The van der Waals surface area contributed by atoms with Gasteiger partial charge in [0.25, 0.3) is 0 Å². The SMILES string of the molecule is CCN(CC)c1ccc(NCC(=O)Nc2ccc(C(F)(F)F)cc2)c(C)c1. The van der Waals surface area contributed by atoms with Gasteiger partial charge >= 0.3 is 6.18 Å². The van der Waals surface area contributed by atoms with Crippen molar-refractivity contribution in [1.82, 2.24) is 0 Å². The molecule has 0 unspecified atom stereocenters. The largest absolute Gasteiger partial charge is 0.416 e. The number of nitrogens with zero attached hydrogens (tertiary/aromatic N) is 1. The van der Waals surface area contributed by atoms with Crippen molar-refractivity contribution >= 4 is 23.0 Å². The van der Waals surface area contributed by atoms with Gasteiger partial charge in [-0.3, -0.25) is 4.79 Å². The number of amides is 1. The molecule has 1 amide bonds. The van der Waals surface area contributed by atoms with Crippen molar-refractivity contribution in [1.29, 1.82) is 0 Å². The summed E-state index contributed by atoms with van der Waals surface area (Å²) < 4.78 is 37.7. The van der Waals surface area contributed by atoms with Crippen LogP contribution in [0.5, 0.6) is 0 Å². The Labute approximate surface area is 157 Å². The third-order valence-electron chi connectivity index (χ3n) is 4.27. The molecular formula is C20H24F3N3O. The van der Waals surface area contributed by atoms with Crippen LogP contribution in [0, 0.1) is 6.92 Å². The molecule has 0 spiro atoms. The minimum atomic E-state index is -4.39. The van der Waals surface area contributed by atoms with E-state index >= 15 is 0 Å². The highest BCUT2D eigenvalue weighted by molar-refractivity contribution is 5.93. The molecule has 2 aromatic carbocycles. The van der Waals surface area contributed by atoms with Crippen LogP contribution in [0.2, 0.25) is 0 Å². The molecule has 27 heavy (non-hydrogen) atoms. The third-order valence-corrected chi connectivity index (χ3v) is 4.27. The predicted octanol–water partition coefficient (Wildman–Crippen LogP) is 4.91. The number of halogens is 3. The Morgan fingerprint density at radius 2 is 1.67 bits per heavy atom. The maximum absolute atomic E-state index is 12.6. The average molecular weight is 379 g/mol. The van der Waals surface area contributed by atoms with Gasteiger partial charge in [-0.2, -0.15) is 13.2 Å². The van der Waals surface area contributed by atoms with Crippen molar-refractivity contribution in [2.75, 3.05) is 35.2 Å². The second-order valence-electron chi connectivity index (χ2n) is 6.15. The van der Waals surface area contributed by atoms with Gasteiger partial charge in [0.1, 0.15) is 0 Å². The topological polar surface area (TPSA) is 44.4 Å². The summed E-state index contributed by atoms with van der Waals surface area (Å²) in [6.45, 7) is 8.00. The summed E-state index contributed by atoms with van der Waals surface area (Å²) in [7, 11) is 0. The van der Waals surface area contributed by atoms with Gasteiger partial charge in [0.2, 0.25) is 5.91 Å². The van der Waals surface area contributed by atoms with Gasteiger partial charge in [-0.25, -0.2) is 0 Å². The molecule has 0 aliphatic heterocycles. The van der Waals surface area contributed by atoms with Crippen molar-refractivity contribution in [3.05, 3.63) is 53.6 Å². The summed E-state index contributed by atoms with van der Waals surface area (Å²) in [6.07, 6.45) is -4.39. The van der Waals surface area contributed by atoms with E-state index in [2.05, 4.69) is 35.4 Å². The molecule has 0 aromatic heterocycles. The van der Waals surface area contributed by atoms with Gasteiger partial charge in [0.05, 0.1) is 12.1 Å². The number of alkyl halides is 3. The maximum Gasteiger partial charge on any atom is 0.416 e. The first-order valence-electron chi connectivity index (χ1n) is 8.81. The van der Waals surface area contributed by atoms with E-state index in [0.29, 0.717) is 5.69 Å². The molecule has 146 valence electrons. The van der Waals surface area contributed by atoms with Crippen LogP contribution in [0.15, 0.2) is 42.5 Å². The van der Waals surface area contributed by atoms with Gasteiger partial charge in [0, 0.05) is 30.2 Å². The summed E-state index contributed by atoms with van der Waals surface area (Å²) in [4.78, 5) is 14.3. The lowest BCUT2D eigenvalue weighted by atomic mass is 10.1. The minimum Gasteiger partial charge on any atom is -0.376 e. The molecular weight excluding hydrogens is 355 g/mol. The van der Waals surface area contributed by atoms with E-state index in [-0.39, 0.29) is 12.5 Å². The van der Waals surface area contributed by atoms with Crippen LogP contribution in [-0.4, -0.2) is 25.5 Å². The van der Waals surface area contributed by atoms with Gasteiger partial charge in [-0.1, -0.05) is 0 Å². The second kappa shape index (κ2) is 8.79. The van der Waals surface area contributed by atoms with Crippen LogP contribution in [0.3, 0.4) is 0 Å². The van der Waals surface area contributed by atoms with Crippen LogP contribution in [0.25, 0.3) is 0 Å². The lowest BCUT2D eigenvalue weighted by Crippen LogP contribution is -2.23. The highest BCUT2D eigenvalue weighted by atomic mass is 19.4. The van der Waals surface area contributed by atoms with Gasteiger partial charge in [-0.05, 0) is 68.8 Å². The summed E-state index contributed by atoms with van der Waals surface area (Å²) >= 11 is 0. The number of hydrogen-bond donors (Lipinski definition) is 2. The Hall–Kier alpha value is -2.70. The van der Waals surface area contributed by atoms with E-state index in [1.165, 1.54) is 12.1 Å². The molecule has 0 fully saturated rings. The molecule has 2 N–H and O–H groups in total. The van der Waals surface area contributed by atoms with Crippen molar-refractivity contribution in [3.63, 3.8) is 0 Å². The van der Waals surface area contributed by atoms with Gasteiger partial charge in [-0.15, -0.1) is 0 Å². The van der Waals surface area contributed by atoms with Crippen LogP contribution in [0.4, 0.5) is 30.2 Å². The number of aryl methyl sites for hydroxylation is 1. The number of carbonyl (C=O) groups is 1. The van der Waals surface area contributed by atoms with E-state index in [9.17, 15) is 18.0 Å². The summed E-state index contributed by atoms with van der Waals surface area (Å²) in [5, 5.41) is 5.64. The van der Waals surface area contributed by atoms with Crippen molar-refractivity contribution in [2.24, 2.45) is 0 Å². The van der Waals surface area contributed by atoms with Crippen molar-refractivity contribution < 1.29 is 18.0 Å². The number of hydrogen-bond acceptors (Lipinski definition) is 3. The number of rotatable bonds is 7. The molecule has 0 aliphatic rings. The minimum absolute atomic E-state index is 0.0203. The average Bonchev–Trinajstić information content (AvgIpc) is 2.62. The molecule has 4 nitrogen and oxygen atoms in total. The third kappa shape index (κ3) is 5.64. The molecule has 0 atom stereocenters. The summed E-state index contributed by atoms with van der Waals surface area (Å²) in [5.74, 6) is -0.332. The Bertz CT molecular complexity index is 769. The van der Waals surface area contributed by atoms with Gasteiger partial charge < -0.3 is 15.5 Å². The first kappa shape index (κ1) is 20.6. The quantitative estimate of drug-likeness (QED) is 0.718. The van der Waals surface area contributed by atoms with E-state index in [1.54, 1.807) is 0 Å². The molecule has 0 aliphatic carbocycles. The highest BCUT2D eigenvalue weighted by Crippen LogP contribution is 2.29. The fourth-order valence-electron chi connectivity index (χ4n) is 2.75. The van der Waals surface area contributed by atoms with Crippen molar-refractivity contribution in [3.8, 4) is 0 Å². The standard InChI is InChI=1S/C20H24F3N3O/c1-4-26(5-2)17-10-11-18(14(3)12-17)24-13-19(27)25-16-8-6-15(7-9-16)20(21,22)23/h6-12,24H,4-5,13H2,1-3H3,(H,25,27). The lowest BCUT2D eigenvalue weighted by Gasteiger charge is -2.22. The molecule has 0 radical (unpaired) electrons. The first-order valence-corrected chi connectivity index (χ1v) is 8.81. The van der Waals surface area contributed by atoms with Crippen molar-refractivity contribution in [2.45, 2.75) is 26.9 Å². The number of benzene rings is 2. The highest BCUT2D eigenvalue weighted by Gasteiger charge is 2.29. The maximum atomic E-state index is 12.6. The Morgan fingerprint density at radius 1 is 1.04 bits per heavy atom. The van der Waals surface area contributed by atoms with Crippen LogP contribution < -0.4 is 15.5 Å². The number of nitrogens with one attached hydrogen (secondary N) is 2. The fourth-order valence-corrected chi connectivity index (χ4v) is 2.75. The van der Waals surface area contributed by atoms with E-state index in [0.717, 1.165) is 42.2 Å². The van der Waals surface area contributed by atoms with E-state index < -0.39 is 11.7 Å². The zero-order valence-electron chi connectivity index (χ0n) is 15.7. The van der Waals surface area contributed by atoms with Crippen LogP contribution >= 0.6 is 0 Å². The first-order chi connectivity index (χ1) is 12.7. The van der Waals surface area contributed by atoms with Crippen LogP contribution in [0.1, 0.15) is 25.0 Å². The molecule has 0 heterocycles. The van der Waals surface area contributed by atoms with E-state index in [4.69, 9.17) is 0 Å². The fraction of sp³-hybridized carbons (Fsp3) is 0.350. The second-order valence-corrected chi connectivity index (χ2v) is 6.15. The molecule has 0 saturated heterocycles. The zero-order valence-corrected chi connectivity index (χ0v) is 15.7. The predicted molar refractivity (Wildman–Crippen MR) is 103 cm³/mol. The molecule has 0 bridgehead atoms. The Kier molecular flexibility index (Phi) is 6.71. The Balaban J connectivity index is 1.93. The monoisotopic (exact) mass is 379 g/mol. The molecule has 2 aromatic rings. The van der Waals surface area contributed by atoms with E-state index in [1.807, 2.05) is 19.1 Å². The molecule has 0 saturated carbocycles. The zero-order chi connectivity index (χ0) is 20.0. The number of carbonyl (C=O) groups excluding carboxylic acids is 1. The molecule has 7 heteroatoms. The van der Waals surface area contributed by atoms with Crippen LogP contribution in [-0.2, 0) is 11.0 Å². The number of anilines is 3. The normalized spacial score (nSPS) is 11.2. The summed E-state index contributed by atoms with van der Waals surface area (Å²) in [5.41, 5.74) is 2.55. The molecule has 2 rings (SSSR count). The Morgan fingerprint density at radius 3 is 2.19 bits per heavy atom.